The lowest BCUT2D eigenvalue weighted by Gasteiger charge is -2.25. The van der Waals surface area contributed by atoms with Gasteiger partial charge >= 0.3 is 8.25 Å². The first kappa shape index (κ1) is 22.9. The fraction of sp³-hybridized carbons (Fsp3) is 1.00. The highest BCUT2D eigenvalue weighted by Crippen LogP contribution is 2.35. The zero-order valence-electron chi connectivity index (χ0n) is 10.6. The lowest BCUT2D eigenvalue weighted by atomic mass is 9.98. The van der Waals surface area contributed by atoms with Crippen LogP contribution < -0.4 is 0 Å². The van der Waals surface area contributed by atoms with Crippen LogP contribution in [0.1, 0.15) is 0 Å². The molecule has 0 rings (SSSR count). The van der Waals surface area contributed by atoms with Crippen molar-refractivity contribution in [2.75, 3.05) is 45.2 Å². The number of rotatable bonds is 12. The Morgan fingerprint density at radius 2 is 0.900 bits per heavy atom. The Bertz CT molecular complexity index is 244. The molecule has 0 spiro atoms. The maximum Gasteiger partial charge on any atom is 0.697 e. The highest BCUT2D eigenvalue weighted by Gasteiger charge is 2.36. The molecule has 3 nitrogen and oxygen atoms in total. The van der Waals surface area contributed by atoms with Crippen LogP contribution in [0, 0.1) is 10.8 Å². The lowest BCUT2D eigenvalue weighted by Crippen LogP contribution is -2.33. The second-order valence-electron chi connectivity index (χ2n) is 4.57. The Labute approximate surface area is 171 Å². The van der Waals surface area contributed by atoms with Crippen LogP contribution in [0.3, 0.4) is 0 Å². The van der Waals surface area contributed by atoms with Gasteiger partial charge in [-0.2, -0.15) is 0 Å². The summed E-state index contributed by atoms with van der Waals surface area (Å²) >= 11 is 20.7. The largest absolute Gasteiger partial charge is 0.697 e. The van der Waals surface area contributed by atoms with Gasteiger partial charge in [-0.15, -0.1) is 9.05 Å². The van der Waals surface area contributed by atoms with Crippen LogP contribution in [0.2, 0.25) is 0 Å². The summed E-state index contributed by atoms with van der Waals surface area (Å²) in [6.45, 7) is 0.710. The molecule has 0 saturated heterocycles. The zero-order chi connectivity index (χ0) is 15.6. The first-order chi connectivity index (χ1) is 9.46. The summed E-state index contributed by atoms with van der Waals surface area (Å²) in [5, 5.41) is 4.46. The van der Waals surface area contributed by atoms with E-state index in [2.05, 4.69) is 95.6 Å². The van der Waals surface area contributed by atoms with E-state index in [1.807, 2.05) is 0 Å². The molecule has 0 aliphatic heterocycles. The zero-order valence-corrected chi connectivity index (χ0v) is 21.0. The molecule has 0 saturated carbocycles. The topological polar surface area (TPSA) is 35.5 Å². The smallest absolute Gasteiger partial charge is 0.118 e. The van der Waals surface area contributed by atoms with Gasteiger partial charge in [0.25, 0.3) is 0 Å². The van der Waals surface area contributed by atoms with Gasteiger partial charge in [0, 0.05) is 47.4 Å². The van der Waals surface area contributed by atoms with Crippen molar-refractivity contribution in [2.45, 2.75) is 0 Å². The minimum absolute atomic E-state index is 0.133. The third-order valence-electron chi connectivity index (χ3n) is 2.65. The van der Waals surface area contributed by atoms with Crippen molar-refractivity contribution < 1.29 is 13.6 Å². The third-order valence-corrected chi connectivity index (χ3v) is 10.5. The predicted molar refractivity (Wildman–Crippen MR) is 107 cm³/mol. The van der Waals surface area contributed by atoms with Crippen molar-refractivity contribution >= 4 is 104 Å². The average Bonchev–Trinajstić information content (AvgIpc) is 2.51. The monoisotopic (exact) mass is 689 g/mol. The van der Waals surface area contributed by atoms with Crippen LogP contribution in [0.5, 0.6) is 0 Å². The van der Waals surface area contributed by atoms with Crippen LogP contribution >= 0.6 is 104 Å². The number of alkyl halides is 6. The maximum absolute atomic E-state index is 11.8. The Morgan fingerprint density at radius 3 is 1.10 bits per heavy atom. The molecule has 20 heavy (non-hydrogen) atoms. The Balaban J connectivity index is 4.30. The Morgan fingerprint density at radius 1 is 0.650 bits per heavy atom. The molecule has 0 aromatic carbocycles. The van der Waals surface area contributed by atoms with Crippen molar-refractivity contribution in [3.05, 3.63) is 0 Å². The normalized spacial score (nSPS) is 12.7. The van der Waals surface area contributed by atoms with Gasteiger partial charge in [-0.1, -0.05) is 95.6 Å². The second-order valence-corrected chi connectivity index (χ2v) is 8.90. The van der Waals surface area contributed by atoms with Crippen molar-refractivity contribution in [3.8, 4) is 0 Å². The summed E-state index contributed by atoms with van der Waals surface area (Å²) in [5.74, 6) is 0. The molecule has 10 heteroatoms. The molecule has 0 atom stereocenters. The Kier molecular flexibility index (Phi) is 14.1. The fourth-order valence-corrected chi connectivity index (χ4v) is 8.24. The van der Waals surface area contributed by atoms with Crippen LogP contribution in [0.25, 0.3) is 0 Å². The van der Waals surface area contributed by atoms with Crippen molar-refractivity contribution in [2.24, 2.45) is 10.8 Å². The molecule has 0 heterocycles. The van der Waals surface area contributed by atoms with E-state index < -0.39 is 8.25 Å². The van der Waals surface area contributed by atoms with Gasteiger partial charge in [0.2, 0.25) is 0 Å². The van der Waals surface area contributed by atoms with E-state index in [1.54, 1.807) is 0 Å². The van der Waals surface area contributed by atoms with E-state index in [1.165, 1.54) is 0 Å². The molecule has 0 aromatic heterocycles. The molecule has 0 fully saturated rings. The molecule has 0 radical (unpaired) electrons. The molecule has 0 aliphatic rings. The van der Waals surface area contributed by atoms with Crippen molar-refractivity contribution in [1.29, 1.82) is 0 Å². The number of halogens is 6. The summed E-state index contributed by atoms with van der Waals surface area (Å²) in [6, 6.07) is 0. The maximum atomic E-state index is 11.8. The quantitative estimate of drug-likeness (QED) is 0.185. The van der Waals surface area contributed by atoms with Crippen molar-refractivity contribution in [1.82, 2.24) is 0 Å². The molecule has 120 valence electrons. The van der Waals surface area contributed by atoms with Gasteiger partial charge < -0.3 is 0 Å². The molecular weight excluding hydrogens is 679 g/mol. The van der Waals surface area contributed by atoms with Crippen LogP contribution in [0.4, 0.5) is 0 Å². The second kappa shape index (κ2) is 12.3. The van der Waals surface area contributed by atoms with Crippen LogP contribution in [-0.4, -0.2) is 45.2 Å². The molecule has 0 aliphatic carbocycles. The Hall–Kier alpha value is 2.90. The lowest BCUT2D eigenvalue weighted by molar-refractivity contribution is 0.149. The van der Waals surface area contributed by atoms with Crippen LogP contribution in [0.15, 0.2) is 0 Å². The standard InChI is InChI=1S/C10H16Br6O3P/c11-1-9(2-12,3-13)7-18-20(17)19-8-10(4-14,5-15)6-16/h1-8H2/q+1. The van der Waals surface area contributed by atoms with Gasteiger partial charge in [0.15, 0.2) is 0 Å². The van der Waals surface area contributed by atoms with E-state index in [-0.39, 0.29) is 10.8 Å². The molecular formula is C10H16Br6O3P+. The SMILES string of the molecule is O=[P+](OCC(CBr)(CBr)CBr)OCC(CBr)(CBr)CBr. The average molecular weight is 695 g/mol. The molecule has 0 bridgehead atoms. The predicted octanol–water partition coefficient (Wildman–Crippen LogP) is 6.02. The molecule has 0 unspecified atom stereocenters. The fourth-order valence-electron chi connectivity index (χ4n) is 0.862. The summed E-state index contributed by atoms with van der Waals surface area (Å²) in [7, 11) is -2.12. The number of hydrogen-bond acceptors (Lipinski definition) is 3. The van der Waals surface area contributed by atoms with E-state index in [9.17, 15) is 4.57 Å². The summed E-state index contributed by atoms with van der Waals surface area (Å²) in [6.07, 6.45) is 0. The summed E-state index contributed by atoms with van der Waals surface area (Å²) < 4.78 is 22.6. The molecule has 0 amide bonds. The third kappa shape index (κ3) is 7.65. The summed E-state index contributed by atoms with van der Waals surface area (Å²) in [4.78, 5) is 0. The van der Waals surface area contributed by atoms with Gasteiger partial charge in [-0.3, -0.25) is 0 Å². The summed E-state index contributed by atoms with van der Waals surface area (Å²) in [5.41, 5.74) is -0.266. The number of hydrogen-bond donors (Lipinski definition) is 0. The first-order valence-electron chi connectivity index (χ1n) is 5.56. The highest BCUT2D eigenvalue weighted by atomic mass is 79.9. The van der Waals surface area contributed by atoms with E-state index in [0.717, 1.165) is 32.0 Å². The van der Waals surface area contributed by atoms with Gasteiger partial charge in [-0.25, -0.2) is 0 Å². The molecule has 0 aromatic rings. The minimum Gasteiger partial charge on any atom is -0.118 e. The van der Waals surface area contributed by atoms with Gasteiger partial charge in [0.05, 0.1) is 0 Å². The van der Waals surface area contributed by atoms with Gasteiger partial charge in [-0.05, 0) is 0 Å². The van der Waals surface area contributed by atoms with Crippen molar-refractivity contribution in [3.63, 3.8) is 0 Å². The van der Waals surface area contributed by atoms with E-state index in [4.69, 9.17) is 9.05 Å². The van der Waals surface area contributed by atoms with E-state index >= 15 is 0 Å². The minimum atomic E-state index is -2.12. The van der Waals surface area contributed by atoms with E-state index in [0.29, 0.717) is 13.2 Å². The highest BCUT2D eigenvalue weighted by molar-refractivity contribution is 9.10. The first-order valence-corrected chi connectivity index (χ1v) is 13.4. The van der Waals surface area contributed by atoms with Crippen LogP contribution in [-0.2, 0) is 13.6 Å². The van der Waals surface area contributed by atoms with Gasteiger partial charge in [0.1, 0.15) is 13.2 Å². The molecule has 0 N–H and O–H groups in total.